The van der Waals surface area contributed by atoms with Crippen LogP contribution in [0.5, 0.6) is 0 Å². The highest BCUT2D eigenvalue weighted by Gasteiger charge is 2.19. The highest BCUT2D eigenvalue weighted by Crippen LogP contribution is 2.15. The fourth-order valence-electron chi connectivity index (χ4n) is 5.80. The smallest absolute Gasteiger partial charge is 0.338 e. The monoisotopic (exact) mass is 604 g/mol. The first-order chi connectivity index (χ1) is 21.7. The number of aromatic nitrogens is 1. The van der Waals surface area contributed by atoms with E-state index < -0.39 is 0 Å². The van der Waals surface area contributed by atoms with E-state index in [2.05, 4.69) is 29.7 Å². The predicted octanol–water partition coefficient (Wildman–Crippen LogP) is 9.63. The van der Waals surface area contributed by atoms with Gasteiger partial charge in [-0.15, -0.1) is 0 Å². The molecule has 0 amide bonds. The Morgan fingerprint density at radius 1 is 0.682 bits per heavy atom. The average molecular weight is 605 g/mol. The van der Waals surface area contributed by atoms with Crippen molar-refractivity contribution in [3.8, 4) is 0 Å². The van der Waals surface area contributed by atoms with Crippen LogP contribution in [-0.4, -0.2) is 39.0 Å². The van der Waals surface area contributed by atoms with Gasteiger partial charge in [-0.1, -0.05) is 134 Å². The van der Waals surface area contributed by atoms with Gasteiger partial charge in [0.1, 0.15) is 12.7 Å². The third kappa shape index (κ3) is 13.9. The van der Waals surface area contributed by atoms with Crippen LogP contribution >= 0.6 is 0 Å². The number of hydrogen-bond donors (Lipinski definition) is 0. The molecule has 0 aliphatic carbocycles. The number of fused-ring (bicyclic) bond motifs is 1. The lowest BCUT2D eigenvalue weighted by Gasteiger charge is -2.16. The van der Waals surface area contributed by atoms with E-state index in [0.29, 0.717) is 18.7 Å². The van der Waals surface area contributed by atoms with Crippen LogP contribution in [0.1, 0.15) is 126 Å². The number of carbonyl (C=O) groups is 1. The Labute approximate surface area is 267 Å². The number of para-hydroxylation sites is 1. The molecule has 0 saturated carbocycles. The van der Waals surface area contributed by atoms with Crippen molar-refractivity contribution in [2.75, 3.05) is 26.9 Å². The van der Waals surface area contributed by atoms with E-state index in [9.17, 15) is 4.79 Å². The molecule has 0 aliphatic heterocycles. The minimum Gasteiger partial charge on any atom is -0.459 e. The van der Waals surface area contributed by atoms with E-state index in [1.807, 2.05) is 48.7 Å². The predicted molar refractivity (Wildman–Crippen MR) is 181 cm³/mol. The lowest BCUT2D eigenvalue weighted by molar-refractivity contribution is -0.662. The number of ether oxygens (including phenoxy) is 3. The van der Waals surface area contributed by atoms with Crippen molar-refractivity contribution in [1.29, 1.82) is 0 Å². The molecule has 1 unspecified atom stereocenters. The Bertz CT molecular complexity index is 1170. The molecule has 242 valence electrons. The molecule has 3 aromatic rings. The molecule has 0 N–H and O–H groups in total. The molecule has 0 spiro atoms. The normalized spacial score (nSPS) is 12.0. The van der Waals surface area contributed by atoms with E-state index in [-0.39, 0.29) is 18.7 Å². The summed E-state index contributed by atoms with van der Waals surface area (Å²) in [6.07, 6.45) is 23.5. The standard InChI is InChI=1S/C39H58NO4/c1-3-4-5-6-7-8-9-10-11-12-13-14-15-16-17-22-30-43-32-36(42-2)33-44-39(41)37-27-20-18-25-35(37)31-40-29-23-26-34-24-19-21-28-38(34)40/h18-21,23-29,36H,3-17,22,30-33H2,1-2H3/q+1. The SMILES string of the molecule is CCCCCCCCCCCCCCCCCCOCC(COC(=O)c1ccccc1C[n+]1cccc2ccccc21)OC. The minimum atomic E-state index is -0.332. The second kappa shape index (κ2) is 22.7. The maximum atomic E-state index is 13.1. The first-order valence-corrected chi connectivity index (χ1v) is 17.5. The Balaban J connectivity index is 1.22. The molecular formula is C39H58NO4+. The topological polar surface area (TPSA) is 48.6 Å². The summed E-state index contributed by atoms with van der Waals surface area (Å²) in [5.74, 6) is -0.332. The first kappa shape index (κ1) is 35.7. The van der Waals surface area contributed by atoms with Crippen LogP contribution < -0.4 is 4.57 Å². The molecule has 5 nitrogen and oxygen atoms in total. The second-order valence-corrected chi connectivity index (χ2v) is 12.2. The van der Waals surface area contributed by atoms with Gasteiger partial charge in [0.15, 0.2) is 12.7 Å². The van der Waals surface area contributed by atoms with Crippen molar-refractivity contribution in [3.05, 3.63) is 78.0 Å². The van der Waals surface area contributed by atoms with Crippen LogP contribution in [-0.2, 0) is 20.8 Å². The van der Waals surface area contributed by atoms with Gasteiger partial charge < -0.3 is 14.2 Å². The highest BCUT2D eigenvalue weighted by molar-refractivity contribution is 5.91. The van der Waals surface area contributed by atoms with Gasteiger partial charge in [-0.25, -0.2) is 4.79 Å². The average Bonchev–Trinajstić information content (AvgIpc) is 3.06. The fourth-order valence-corrected chi connectivity index (χ4v) is 5.80. The van der Waals surface area contributed by atoms with Gasteiger partial charge in [-0.2, -0.15) is 4.57 Å². The lowest BCUT2D eigenvalue weighted by atomic mass is 10.0. The van der Waals surface area contributed by atoms with Gasteiger partial charge in [-0.05, 0) is 24.6 Å². The third-order valence-corrected chi connectivity index (χ3v) is 8.55. The van der Waals surface area contributed by atoms with Crippen molar-refractivity contribution in [1.82, 2.24) is 0 Å². The maximum Gasteiger partial charge on any atom is 0.338 e. The molecule has 5 heteroatoms. The fraction of sp³-hybridized carbons (Fsp3) is 0.590. The van der Waals surface area contributed by atoms with Crippen molar-refractivity contribution in [2.45, 2.75) is 122 Å². The van der Waals surface area contributed by atoms with Crippen LogP contribution in [0.25, 0.3) is 10.9 Å². The van der Waals surface area contributed by atoms with Crippen LogP contribution in [0.15, 0.2) is 66.9 Å². The van der Waals surface area contributed by atoms with Gasteiger partial charge >= 0.3 is 5.97 Å². The zero-order chi connectivity index (χ0) is 31.1. The highest BCUT2D eigenvalue weighted by atomic mass is 16.6. The van der Waals surface area contributed by atoms with E-state index in [4.69, 9.17) is 14.2 Å². The van der Waals surface area contributed by atoms with Gasteiger partial charge in [0.2, 0.25) is 5.52 Å². The molecular weight excluding hydrogens is 546 g/mol. The second-order valence-electron chi connectivity index (χ2n) is 12.2. The van der Waals surface area contributed by atoms with E-state index in [1.54, 1.807) is 7.11 Å². The summed E-state index contributed by atoms with van der Waals surface area (Å²) in [6.45, 7) is 4.19. The Kier molecular flexibility index (Phi) is 18.4. The number of pyridine rings is 1. The zero-order valence-corrected chi connectivity index (χ0v) is 27.7. The van der Waals surface area contributed by atoms with E-state index in [0.717, 1.165) is 29.5 Å². The third-order valence-electron chi connectivity index (χ3n) is 8.55. The molecule has 0 radical (unpaired) electrons. The Hall–Kier alpha value is -2.76. The van der Waals surface area contributed by atoms with Gasteiger partial charge in [-0.3, -0.25) is 0 Å². The van der Waals surface area contributed by atoms with Gasteiger partial charge in [0.25, 0.3) is 0 Å². The van der Waals surface area contributed by atoms with Crippen LogP contribution in [0, 0.1) is 0 Å². The summed E-state index contributed by atoms with van der Waals surface area (Å²) < 4.78 is 19.2. The number of esters is 1. The summed E-state index contributed by atoms with van der Waals surface area (Å²) in [6, 6.07) is 20.1. The largest absolute Gasteiger partial charge is 0.459 e. The molecule has 3 rings (SSSR count). The summed E-state index contributed by atoms with van der Waals surface area (Å²) in [7, 11) is 1.64. The number of nitrogens with zero attached hydrogens (tertiary/aromatic N) is 1. The van der Waals surface area contributed by atoms with Crippen molar-refractivity contribution in [2.24, 2.45) is 0 Å². The molecule has 0 fully saturated rings. The van der Waals surface area contributed by atoms with E-state index in [1.165, 1.54) is 96.3 Å². The number of hydrogen-bond acceptors (Lipinski definition) is 4. The number of unbranched alkanes of at least 4 members (excludes halogenated alkanes) is 15. The molecule has 0 bridgehead atoms. The van der Waals surface area contributed by atoms with Crippen molar-refractivity contribution in [3.63, 3.8) is 0 Å². The Morgan fingerprint density at radius 3 is 1.91 bits per heavy atom. The molecule has 1 aromatic heterocycles. The van der Waals surface area contributed by atoms with E-state index >= 15 is 0 Å². The summed E-state index contributed by atoms with van der Waals surface area (Å²) in [4.78, 5) is 13.1. The summed E-state index contributed by atoms with van der Waals surface area (Å²) >= 11 is 0. The quantitative estimate of drug-likeness (QED) is 0.0549. The minimum absolute atomic E-state index is 0.171. The molecule has 1 atom stereocenters. The molecule has 44 heavy (non-hydrogen) atoms. The van der Waals surface area contributed by atoms with Crippen LogP contribution in [0.3, 0.4) is 0 Å². The molecule has 2 aromatic carbocycles. The number of methoxy groups -OCH3 is 1. The Morgan fingerprint density at radius 2 is 1.25 bits per heavy atom. The maximum absolute atomic E-state index is 13.1. The molecule has 0 saturated heterocycles. The number of rotatable bonds is 25. The summed E-state index contributed by atoms with van der Waals surface area (Å²) in [5.41, 5.74) is 2.63. The summed E-state index contributed by atoms with van der Waals surface area (Å²) in [5, 5.41) is 1.16. The molecule has 0 aliphatic rings. The van der Waals surface area contributed by atoms with Crippen molar-refractivity contribution < 1.29 is 23.6 Å². The van der Waals surface area contributed by atoms with Crippen molar-refractivity contribution >= 4 is 16.9 Å². The van der Waals surface area contributed by atoms with Crippen LogP contribution in [0.4, 0.5) is 0 Å². The lowest BCUT2D eigenvalue weighted by Crippen LogP contribution is -2.35. The van der Waals surface area contributed by atoms with Gasteiger partial charge in [0.05, 0.1) is 12.2 Å². The first-order valence-electron chi connectivity index (χ1n) is 17.5. The van der Waals surface area contributed by atoms with Gasteiger partial charge in [0, 0.05) is 36.8 Å². The molecule has 1 heterocycles. The number of carbonyl (C=O) groups excluding carboxylic acids is 1. The zero-order valence-electron chi connectivity index (χ0n) is 27.7. The van der Waals surface area contributed by atoms with Crippen LogP contribution in [0.2, 0.25) is 0 Å². The number of benzene rings is 2.